The number of fused-ring (bicyclic) bond motifs is 7. The van der Waals surface area contributed by atoms with Crippen molar-refractivity contribution >= 4 is 120 Å². The van der Waals surface area contributed by atoms with E-state index >= 15 is 9.59 Å². The first kappa shape index (κ1) is 42.0. The maximum absolute atomic E-state index is 15.1. The number of methoxy groups -OCH3 is 2. The van der Waals surface area contributed by atoms with Gasteiger partial charge in [0.2, 0.25) is 11.4 Å². The van der Waals surface area contributed by atoms with Crippen LogP contribution in [0.2, 0.25) is 0 Å². The largest absolute Gasteiger partial charge is 0.495 e. The van der Waals surface area contributed by atoms with Crippen LogP contribution in [0.1, 0.15) is 16.7 Å². The number of rotatable bonds is 12. The molecule has 2 aromatic carbocycles. The first-order chi connectivity index (χ1) is 31.2. The van der Waals surface area contributed by atoms with Crippen LogP contribution >= 0.6 is 68.0 Å². The molecule has 0 spiro atoms. The Bertz CT molecular complexity index is 3320. The summed E-state index contributed by atoms with van der Waals surface area (Å²) >= 11 is 7.31. The standard InChI is InChI=1S/C43H22N8O7S6/c1-54-25-13-27(48-23(15-44)16-45)59-31(25)37-50-39-34(62-37)29-33(61-39)35-30(36-40(63-35)51-38(64-36)32-26(55-2)14-28(60-32)49-24(17-46)18-47)58-43(29,41(52)56-19-21-9-5-3-6-10-21)42(53)57-20-22-11-7-4-8-12-22/h3-14H,19-20H2,1-2H3. The van der Waals surface area contributed by atoms with Gasteiger partial charge in [-0.2, -0.15) is 21.0 Å². The molecule has 0 saturated heterocycles. The van der Waals surface area contributed by atoms with Gasteiger partial charge in [-0.3, -0.25) is 0 Å². The van der Waals surface area contributed by atoms with Crippen molar-refractivity contribution in [2.24, 2.45) is 9.98 Å². The van der Waals surface area contributed by atoms with Crippen molar-refractivity contribution < 1.29 is 33.3 Å². The van der Waals surface area contributed by atoms with Crippen molar-refractivity contribution in [3.05, 3.63) is 89.5 Å². The van der Waals surface area contributed by atoms with Crippen molar-refractivity contribution in [2.75, 3.05) is 14.2 Å². The molecule has 0 radical (unpaired) electrons. The van der Waals surface area contributed by atoms with Crippen LogP contribution in [-0.2, 0) is 37.9 Å². The molecule has 0 unspecified atom stereocenters. The van der Waals surface area contributed by atoms with Crippen molar-refractivity contribution in [1.82, 2.24) is 9.97 Å². The number of thiazole rings is 2. The number of nitriles is 4. The summed E-state index contributed by atoms with van der Waals surface area (Å²) in [6.45, 7) is -0.370. The molecule has 1 aliphatic heterocycles. The van der Waals surface area contributed by atoms with E-state index in [-0.39, 0.29) is 36.0 Å². The van der Waals surface area contributed by atoms with Crippen LogP contribution < -0.4 is 14.2 Å². The van der Waals surface area contributed by atoms with Crippen LogP contribution in [0.4, 0.5) is 10.0 Å². The third-order valence-electron chi connectivity index (χ3n) is 9.34. The molecule has 64 heavy (non-hydrogen) atoms. The topological polar surface area (TPSA) is 226 Å². The van der Waals surface area contributed by atoms with Crippen LogP contribution in [0.5, 0.6) is 17.2 Å². The summed E-state index contributed by atoms with van der Waals surface area (Å²) in [5.74, 6) is -1.01. The Hall–Kier alpha value is -7.34. The third-order valence-corrected chi connectivity index (χ3v) is 16.4. The normalized spacial score (nSPS) is 12.0. The summed E-state index contributed by atoms with van der Waals surface area (Å²) in [7, 11) is 2.96. The third kappa shape index (κ3) is 7.42. The van der Waals surface area contributed by atoms with Gasteiger partial charge in [0.05, 0.1) is 34.2 Å². The minimum atomic E-state index is -2.51. The lowest BCUT2D eigenvalue weighted by Gasteiger charge is -2.33. The molecule has 0 fully saturated rings. The number of benzene rings is 2. The first-order valence-electron chi connectivity index (χ1n) is 18.3. The van der Waals surface area contributed by atoms with Crippen LogP contribution in [0.3, 0.4) is 0 Å². The number of ether oxygens (including phenoxy) is 5. The molecule has 7 heterocycles. The van der Waals surface area contributed by atoms with Crippen LogP contribution in [0.25, 0.3) is 48.6 Å². The van der Waals surface area contributed by atoms with E-state index in [0.29, 0.717) is 81.2 Å². The number of hydrogen-bond donors (Lipinski definition) is 0. The summed E-state index contributed by atoms with van der Waals surface area (Å²) in [6, 6.07) is 28.3. The number of carbonyl (C=O) groups excluding carboxylic acids is 2. The van der Waals surface area contributed by atoms with Crippen molar-refractivity contribution in [1.29, 1.82) is 21.0 Å². The average molecular weight is 955 g/mol. The van der Waals surface area contributed by atoms with E-state index in [1.165, 1.54) is 70.9 Å². The molecule has 0 N–H and O–H groups in total. The Labute approximate surface area is 385 Å². The van der Waals surface area contributed by atoms with E-state index in [9.17, 15) is 21.0 Å². The highest BCUT2D eigenvalue weighted by Crippen LogP contribution is 2.61. The summed E-state index contributed by atoms with van der Waals surface area (Å²) in [5, 5.41) is 39.0. The van der Waals surface area contributed by atoms with Gasteiger partial charge < -0.3 is 23.7 Å². The van der Waals surface area contributed by atoms with E-state index < -0.39 is 17.5 Å². The minimum absolute atomic E-state index is 0.185. The highest BCUT2D eigenvalue weighted by atomic mass is 32.1. The molecule has 0 bridgehead atoms. The fraction of sp³-hybridized carbons (Fsp3) is 0.116. The number of hydrogen-bond acceptors (Lipinski definition) is 21. The van der Waals surface area contributed by atoms with Crippen LogP contribution in [-0.4, -0.2) is 47.5 Å². The smallest absolute Gasteiger partial charge is 0.367 e. The molecule has 6 aromatic heterocycles. The number of carbonyl (C=O) groups is 2. The second kappa shape index (κ2) is 17.4. The van der Waals surface area contributed by atoms with E-state index in [1.807, 2.05) is 12.1 Å². The Morgan fingerprint density at radius 3 is 1.55 bits per heavy atom. The predicted octanol–water partition coefficient (Wildman–Crippen LogP) is 10.5. The van der Waals surface area contributed by atoms with Gasteiger partial charge in [-0.05, 0) is 11.1 Å². The average Bonchev–Trinajstić information content (AvgIpc) is 4.19. The molecule has 21 heteroatoms. The van der Waals surface area contributed by atoms with Gasteiger partial charge in [-0.15, -0.1) is 68.0 Å². The number of esters is 2. The zero-order chi connectivity index (χ0) is 44.5. The van der Waals surface area contributed by atoms with Crippen LogP contribution in [0.15, 0.2) is 82.8 Å². The SMILES string of the molecule is COc1cc(N=C(C#N)C#N)sc1-c1nc2sc3c(c2s1)OC(C(=O)OCc1ccccc1)(C(=O)OCc1ccccc1)c1c-3sc2nc(-c3sc(N=C(C#N)C#N)cc3OC)sc12. The van der Waals surface area contributed by atoms with Gasteiger partial charge in [0.25, 0.3) is 0 Å². The lowest BCUT2D eigenvalue weighted by molar-refractivity contribution is -0.183. The van der Waals surface area contributed by atoms with E-state index in [2.05, 4.69) is 9.98 Å². The van der Waals surface area contributed by atoms with Crippen molar-refractivity contribution in [3.63, 3.8) is 0 Å². The fourth-order valence-corrected chi connectivity index (χ4v) is 13.7. The summed E-state index contributed by atoms with van der Waals surface area (Å²) in [5.41, 5.74) is -1.62. The van der Waals surface area contributed by atoms with Crippen molar-refractivity contribution in [3.8, 4) is 71.0 Å². The van der Waals surface area contributed by atoms with Gasteiger partial charge in [0.1, 0.15) is 93.1 Å². The number of thiophene rings is 4. The van der Waals surface area contributed by atoms with E-state index in [0.717, 1.165) is 11.3 Å². The lowest BCUT2D eigenvalue weighted by Crippen LogP contribution is -2.52. The van der Waals surface area contributed by atoms with Gasteiger partial charge in [0, 0.05) is 12.1 Å². The predicted molar refractivity (Wildman–Crippen MR) is 245 cm³/mol. The first-order valence-corrected chi connectivity index (χ1v) is 23.2. The molecule has 0 amide bonds. The second-order valence-corrected chi connectivity index (χ2v) is 19.2. The fourth-order valence-electron chi connectivity index (χ4n) is 6.50. The molecule has 1 aliphatic rings. The van der Waals surface area contributed by atoms with E-state index in [4.69, 9.17) is 33.7 Å². The Kier molecular flexibility index (Phi) is 11.4. The summed E-state index contributed by atoms with van der Waals surface area (Å²) in [4.78, 5) is 51.7. The summed E-state index contributed by atoms with van der Waals surface area (Å²) in [6.07, 6.45) is 0. The molecule has 9 rings (SSSR count). The Morgan fingerprint density at radius 1 is 0.625 bits per heavy atom. The maximum atomic E-state index is 15.1. The molecule has 0 aliphatic carbocycles. The summed E-state index contributed by atoms with van der Waals surface area (Å²) < 4.78 is 31.2. The lowest BCUT2D eigenvalue weighted by atomic mass is 9.91. The van der Waals surface area contributed by atoms with Gasteiger partial charge in [0.15, 0.2) is 5.75 Å². The zero-order valence-corrected chi connectivity index (χ0v) is 37.6. The monoisotopic (exact) mass is 954 g/mol. The molecule has 312 valence electrons. The van der Waals surface area contributed by atoms with E-state index in [1.54, 1.807) is 84.9 Å². The minimum Gasteiger partial charge on any atom is -0.495 e. The quantitative estimate of drug-likeness (QED) is 0.0632. The van der Waals surface area contributed by atoms with Crippen molar-refractivity contribution in [2.45, 2.75) is 18.8 Å². The number of aliphatic imine (C=N–C) groups is 2. The Morgan fingerprint density at radius 2 is 1.08 bits per heavy atom. The van der Waals surface area contributed by atoms with Gasteiger partial charge >= 0.3 is 17.5 Å². The number of nitrogens with zero attached hydrogens (tertiary/aromatic N) is 8. The van der Waals surface area contributed by atoms with Gasteiger partial charge in [-0.25, -0.2) is 29.5 Å². The molecule has 0 atom stereocenters. The highest BCUT2D eigenvalue weighted by Gasteiger charge is 2.60. The highest BCUT2D eigenvalue weighted by molar-refractivity contribution is 7.36. The molecule has 8 aromatic rings. The second-order valence-electron chi connectivity index (χ2n) is 13.1. The number of aromatic nitrogens is 2. The molecular formula is C43H22N8O7S6. The molecule has 15 nitrogen and oxygen atoms in total. The van der Waals surface area contributed by atoms with Gasteiger partial charge in [-0.1, -0.05) is 60.7 Å². The Balaban J connectivity index is 1.24. The zero-order valence-electron chi connectivity index (χ0n) is 32.7. The molecular weight excluding hydrogens is 933 g/mol. The van der Waals surface area contributed by atoms with Crippen LogP contribution in [0, 0.1) is 45.3 Å². The maximum Gasteiger partial charge on any atom is 0.367 e. The molecule has 0 saturated carbocycles.